The SMILES string of the molecule is C=CC(=O)Oc1ccc(N(c2ccccc2)c2ccc3ccc(C=C)c(CC)c3c2/C=C\C)cc1. The average molecular weight is 460 g/mol. The van der Waals surface area contributed by atoms with Crippen LogP contribution in [0.15, 0.2) is 104 Å². The molecule has 0 saturated heterocycles. The summed E-state index contributed by atoms with van der Waals surface area (Å²) in [6.45, 7) is 11.7. The predicted molar refractivity (Wildman–Crippen MR) is 149 cm³/mol. The molecular formula is C32H29NO2. The quantitative estimate of drug-likeness (QED) is 0.150. The summed E-state index contributed by atoms with van der Waals surface area (Å²) >= 11 is 0. The van der Waals surface area contributed by atoms with Crippen molar-refractivity contribution in [2.45, 2.75) is 20.3 Å². The molecule has 0 saturated carbocycles. The van der Waals surface area contributed by atoms with Gasteiger partial charge in [-0.25, -0.2) is 4.79 Å². The molecule has 4 rings (SSSR count). The second-order valence-electron chi connectivity index (χ2n) is 8.08. The molecule has 0 amide bonds. The number of esters is 1. The number of carbonyl (C=O) groups is 1. The molecular weight excluding hydrogens is 430 g/mol. The Balaban J connectivity index is 1.98. The van der Waals surface area contributed by atoms with E-state index in [9.17, 15) is 4.79 Å². The van der Waals surface area contributed by atoms with Gasteiger partial charge in [-0.2, -0.15) is 0 Å². The van der Waals surface area contributed by atoms with Crippen molar-refractivity contribution < 1.29 is 9.53 Å². The molecule has 0 atom stereocenters. The van der Waals surface area contributed by atoms with Gasteiger partial charge in [-0.05, 0) is 77.7 Å². The van der Waals surface area contributed by atoms with Crippen molar-refractivity contribution in [3.8, 4) is 5.75 Å². The molecule has 174 valence electrons. The molecule has 3 nitrogen and oxygen atoms in total. The van der Waals surface area contributed by atoms with Gasteiger partial charge in [-0.3, -0.25) is 0 Å². The molecule has 0 radical (unpaired) electrons. The fourth-order valence-electron chi connectivity index (χ4n) is 4.45. The normalized spacial score (nSPS) is 10.9. The van der Waals surface area contributed by atoms with Gasteiger partial charge < -0.3 is 9.64 Å². The van der Waals surface area contributed by atoms with Crippen LogP contribution in [-0.4, -0.2) is 5.97 Å². The Bertz CT molecular complexity index is 1400. The lowest BCUT2D eigenvalue weighted by atomic mass is 9.91. The van der Waals surface area contributed by atoms with Crippen LogP contribution in [0, 0.1) is 0 Å². The lowest BCUT2D eigenvalue weighted by Crippen LogP contribution is -2.12. The molecule has 4 aromatic carbocycles. The van der Waals surface area contributed by atoms with E-state index < -0.39 is 5.97 Å². The van der Waals surface area contributed by atoms with Crippen LogP contribution in [0.25, 0.3) is 22.9 Å². The smallest absolute Gasteiger partial charge is 0.335 e. The second kappa shape index (κ2) is 10.7. The first-order chi connectivity index (χ1) is 17.1. The van der Waals surface area contributed by atoms with Crippen LogP contribution in [0.4, 0.5) is 17.1 Å². The number of hydrogen-bond donors (Lipinski definition) is 0. The summed E-state index contributed by atoms with van der Waals surface area (Å²) in [4.78, 5) is 13.9. The minimum Gasteiger partial charge on any atom is -0.423 e. The van der Waals surface area contributed by atoms with Gasteiger partial charge in [0.15, 0.2) is 0 Å². The van der Waals surface area contributed by atoms with Crippen molar-refractivity contribution in [2.24, 2.45) is 0 Å². The number of rotatable bonds is 8. The first-order valence-electron chi connectivity index (χ1n) is 11.7. The maximum absolute atomic E-state index is 11.6. The monoisotopic (exact) mass is 459 g/mol. The van der Waals surface area contributed by atoms with Gasteiger partial charge in [0.2, 0.25) is 0 Å². The molecule has 3 heteroatoms. The summed E-state index contributed by atoms with van der Waals surface area (Å²) in [7, 11) is 0. The second-order valence-corrected chi connectivity index (χ2v) is 8.08. The fraction of sp³-hybridized carbons (Fsp3) is 0.0938. The Hall–Kier alpha value is -4.37. The van der Waals surface area contributed by atoms with Crippen LogP contribution >= 0.6 is 0 Å². The van der Waals surface area contributed by atoms with Crippen molar-refractivity contribution >= 4 is 46.0 Å². The number of hydrogen-bond acceptors (Lipinski definition) is 3. The van der Waals surface area contributed by atoms with Gasteiger partial charge in [0.25, 0.3) is 0 Å². The van der Waals surface area contributed by atoms with Crippen LogP contribution in [0.2, 0.25) is 0 Å². The predicted octanol–water partition coefficient (Wildman–Crippen LogP) is 8.64. The molecule has 0 aromatic heterocycles. The van der Waals surface area contributed by atoms with E-state index in [1.807, 2.05) is 43.3 Å². The van der Waals surface area contributed by atoms with E-state index in [1.165, 1.54) is 16.3 Å². The molecule has 0 bridgehead atoms. The summed E-state index contributed by atoms with van der Waals surface area (Å²) in [5.41, 5.74) is 6.64. The summed E-state index contributed by atoms with van der Waals surface area (Å²) in [6, 6.07) is 26.5. The minimum atomic E-state index is -0.479. The van der Waals surface area contributed by atoms with Crippen molar-refractivity contribution in [2.75, 3.05) is 4.90 Å². The molecule has 0 unspecified atom stereocenters. The molecule has 0 N–H and O–H groups in total. The molecule has 0 spiro atoms. The molecule has 0 heterocycles. The first-order valence-corrected chi connectivity index (χ1v) is 11.7. The maximum Gasteiger partial charge on any atom is 0.335 e. The zero-order chi connectivity index (χ0) is 24.8. The lowest BCUT2D eigenvalue weighted by molar-refractivity contribution is -0.128. The lowest BCUT2D eigenvalue weighted by Gasteiger charge is -2.28. The summed E-state index contributed by atoms with van der Waals surface area (Å²) in [5.74, 6) is -0.00423. The van der Waals surface area contributed by atoms with Gasteiger partial charge in [-0.15, -0.1) is 0 Å². The maximum atomic E-state index is 11.6. The number of nitrogens with zero attached hydrogens (tertiary/aromatic N) is 1. The highest BCUT2D eigenvalue weighted by molar-refractivity contribution is 6.02. The van der Waals surface area contributed by atoms with Crippen molar-refractivity contribution in [1.29, 1.82) is 0 Å². The van der Waals surface area contributed by atoms with Gasteiger partial charge in [0, 0.05) is 23.0 Å². The first kappa shape index (κ1) is 23.8. The molecule has 0 aliphatic carbocycles. The van der Waals surface area contributed by atoms with Crippen LogP contribution in [0.1, 0.15) is 30.5 Å². The van der Waals surface area contributed by atoms with Gasteiger partial charge >= 0.3 is 5.97 Å². The molecule has 0 aliphatic heterocycles. The number of para-hydroxylation sites is 1. The van der Waals surface area contributed by atoms with Crippen molar-refractivity contribution in [1.82, 2.24) is 0 Å². The van der Waals surface area contributed by atoms with E-state index in [4.69, 9.17) is 4.74 Å². The van der Waals surface area contributed by atoms with Gasteiger partial charge in [0.05, 0.1) is 5.69 Å². The van der Waals surface area contributed by atoms with E-state index in [1.54, 1.807) is 12.1 Å². The van der Waals surface area contributed by atoms with E-state index >= 15 is 0 Å². The largest absolute Gasteiger partial charge is 0.423 e. The van der Waals surface area contributed by atoms with Crippen LogP contribution in [0.5, 0.6) is 5.75 Å². The average Bonchev–Trinajstić information content (AvgIpc) is 2.90. The third kappa shape index (κ3) is 4.80. The standard InChI is InChI=1S/C32H29NO2/c1-5-12-29-30(22-17-24-16-15-23(6-2)28(7-3)32(24)29)33(25-13-10-9-11-14-25)26-18-20-27(21-19-26)35-31(34)8-4/h5-6,8-22H,2,4,7H2,1,3H3/b12-5-. The Labute approximate surface area is 207 Å². The van der Waals surface area contributed by atoms with Crippen LogP contribution < -0.4 is 9.64 Å². The van der Waals surface area contributed by atoms with Crippen molar-refractivity contribution in [3.63, 3.8) is 0 Å². The van der Waals surface area contributed by atoms with Crippen LogP contribution in [-0.2, 0) is 11.2 Å². The zero-order valence-electron chi connectivity index (χ0n) is 20.2. The Morgan fingerprint density at radius 1 is 0.914 bits per heavy atom. The van der Waals surface area contributed by atoms with E-state index in [-0.39, 0.29) is 0 Å². The Kier molecular flexibility index (Phi) is 7.27. The van der Waals surface area contributed by atoms with E-state index in [0.29, 0.717) is 5.75 Å². The highest BCUT2D eigenvalue weighted by Gasteiger charge is 2.19. The van der Waals surface area contributed by atoms with Gasteiger partial charge in [0.1, 0.15) is 5.75 Å². The summed E-state index contributed by atoms with van der Waals surface area (Å²) < 4.78 is 5.29. The summed E-state index contributed by atoms with van der Waals surface area (Å²) in [5, 5.41) is 2.43. The number of benzene rings is 4. The fourth-order valence-corrected chi connectivity index (χ4v) is 4.45. The number of carbonyl (C=O) groups excluding carboxylic acids is 1. The Morgan fingerprint density at radius 3 is 2.23 bits per heavy atom. The number of aryl methyl sites for hydroxylation is 1. The minimum absolute atomic E-state index is 0.475. The molecule has 0 fully saturated rings. The highest BCUT2D eigenvalue weighted by atomic mass is 16.5. The third-order valence-corrected chi connectivity index (χ3v) is 5.99. The van der Waals surface area contributed by atoms with Crippen LogP contribution in [0.3, 0.4) is 0 Å². The molecule has 35 heavy (non-hydrogen) atoms. The number of anilines is 3. The van der Waals surface area contributed by atoms with Gasteiger partial charge in [-0.1, -0.05) is 74.7 Å². The highest BCUT2D eigenvalue weighted by Crippen LogP contribution is 2.42. The molecule has 0 aliphatic rings. The van der Waals surface area contributed by atoms with Crippen molar-refractivity contribution in [3.05, 3.63) is 121 Å². The number of fused-ring (bicyclic) bond motifs is 1. The van der Waals surface area contributed by atoms with E-state index in [2.05, 4.69) is 73.5 Å². The number of ether oxygens (including phenoxy) is 1. The summed E-state index contributed by atoms with van der Waals surface area (Å²) in [6.07, 6.45) is 8.26. The number of allylic oxidation sites excluding steroid dienone is 1. The Morgan fingerprint density at radius 2 is 1.60 bits per heavy atom. The zero-order valence-corrected chi connectivity index (χ0v) is 20.2. The topological polar surface area (TPSA) is 29.5 Å². The molecule has 4 aromatic rings. The third-order valence-electron chi connectivity index (χ3n) is 5.99. The van der Waals surface area contributed by atoms with E-state index in [0.717, 1.165) is 40.7 Å².